The average Bonchev–Trinajstić information content (AvgIpc) is 2.03. The third kappa shape index (κ3) is 3.75. The van der Waals surface area contributed by atoms with Crippen molar-refractivity contribution in [1.29, 1.82) is 5.26 Å². The van der Waals surface area contributed by atoms with Crippen LogP contribution in [0.1, 0.15) is 13.3 Å². The maximum Gasteiger partial charge on any atom is 0.346 e. The molecular formula is C10H17NO2Si. The first-order valence-electron chi connectivity index (χ1n) is 4.68. The van der Waals surface area contributed by atoms with Crippen molar-refractivity contribution in [2.24, 2.45) is 0 Å². The van der Waals surface area contributed by atoms with Crippen LogP contribution in [-0.4, -0.2) is 19.1 Å². The van der Waals surface area contributed by atoms with Crippen LogP contribution in [0.5, 0.6) is 0 Å². The number of carbonyl (C=O) groups is 1. The van der Waals surface area contributed by atoms with Crippen molar-refractivity contribution in [3.8, 4) is 6.07 Å². The first-order chi connectivity index (χ1) is 6.32. The number of carboxylic acids is 1. The first kappa shape index (κ1) is 12.9. The molecule has 0 fully saturated rings. The number of hydrogen-bond donors (Lipinski definition) is 1. The van der Waals surface area contributed by atoms with Gasteiger partial charge in [0.05, 0.1) is 8.07 Å². The van der Waals surface area contributed by atoms with Crippen LogP contribution < -0.4 is 0 Å². The number of nitrogens with zero attached hydrogens (tertiary/aromatic N) is 1. The van der Waals surface area contributed by atoms with Gasteiger partial charge in [0.1, 0.15) is 11.6 Å². The monoisotopic (exact) mass is 211 g/mol. The molecule has 1 N–H and O–H groups in total. The van der Waals surface area contributed by atoms with Crippen molar-refractivity contribution in [3.63, 3.8) is 0 Å². The largest absolute Gasteiger partial charge is 0.477 e. The zero-order valence-corrected chi connectivity index (χ0v) is 10.2. The number of aliphatic carboxylic acids is 1. The second kappa shape index (κ2) is 4.96. The number of rotatable bonds is 4. The third-order valence-electron chi connectivity index (χ3n) is 2.27. The summed E-state index contributed by atoms with van der Waals surface area (Å²) in [6.45, 7) is 8.55. The number of nitriles is 1. The molecule has 14 heavy (non-hydrogen) atoms. The quantitative estimate of drug-likeness (QED) is 0.442. The molecule has 0 amide bonds. The topological polar surface area (TPSA) is 61.1 Å². The molecule has 0 aromatic heterocycles. The zero-order chi connectivity index (χ0) is 11.4. The minimum atomic E-state index is -1.40. The molecule has 0 spiro atoms. The average molecular weight is 211 g/mol. The van der Waals surface area contributed by atoms with Gasteiger partial charge in [0.2, 0.25) is 0 Å². The Morgan fingerprint density at radius 3 is 2.29 bits per heavy atom. The molecule has 4 heteroatoms. The van der Waals surface area contributed by atoms with Crippen LogP contribution in [0.3, 0.4) is 0 Å². The predicted molar refractivity (Wildman–Crippen MR) is 58.7 cm³/mol. The fraction of sp³-hybridized carbons (Fsp3) is 0.600. The Hall–Kier alpha value is -1.08. The molecule has 0 saturated carbocycles. The van der Waals surface area contributed by atoms with Crippen LogP contribution >= 0.6 is 0 Å². The summed E-state index contributed by atoms with van der Waals surface area (Å²) < 4.78 is 0. The molecule has 0 aliphatic rings. The third-order valence-corrected chi connectivity index (χ3v) is 5.07. The standard InChI is InChI=1S/C10H17NO2Si/c1-5-9(14(2,3)4)6-8(7-11)10(12)13/h6,9H,5H2,1-4H3,(H,12,13). The van der Waals surface area contributed by atoms with Crippen molar-refractivity contribution in [3.05, 3.63) is 11.6 Å². The van der Waals surface area contributed by atoms with Crippen molar-refractivity contribution in [1.82, 2.24) is 0 Å². The van der Waals surface area contributed by atoms with Gasteiger partial charge in [-0.3, -0.25) is 0 Å². The number of hydrogen-bond acceptors (Lipinski definition) is 2. The Kier molecular flexibility index (Phi) is 4.58. The van der Waals surface area contributed by atoms with E-state index < -0.39 is 14.0 Å². The highest BCUT2D eigenvalue weighted by Gasteiger charge is 2.24. The maximum absolute atomic E-state index is 10.6. The van der Waals surface area contributed by atoms with E-state index in [9.17, 15) is 4.79 Å². The maximum atomic E-state index is 10.6. The van der Waals surface area contributed by atoms with E-state index >= 15 is 0 Å². The van der Waals surface area contributed by atoms with Gasteiger partial charge in [-0.25, -0.2) is 4.79 Å². The molecule has 1 atom stereocenters. The molecule has 0 heterocycles. The highest BCUT2D eigenvalue weighted by atomic mass is 28.3. The van der Waals surface area contributed by atoms with Gasteiger partial charge in [0, 0.05) is 0 Å². The highest BCUT2D eigenvalue weighted by molar-refractivity contribution is 6.78. The minimum Gasteiger partial charge on any atom is -0.477 e. The van der Waals surface area contributed by atoms with E-state index in [-0.39, 0.29) is 11.1 Å². The second-order valence-corrected chi connectivity index (χ2v) is 9.85. The molecule has 0 rings (SSSR count). The Morgan fingerprint density at radius 2 is 2.07 bits per heavy atom. The van der Waals surface area contributed by atoms with Gasteiger partial charge in [0.25, 0.3) is 0 Å². The van der Waals surface area contributed by atoms with Crippen LogP contribution in [0, 0.1) is 11.3 Å². The lowest BCUT2D eigenvalue weighted by atomic mass is 10.2. The highest BCUT2D eigenvalue weighted by Crippen LogP contribution is 2.27. The molecule has 3 nitrogen and oxygen atoms in total. The number of carboxylic acid groups (broad SMARTS) is 1. The Balaban J connectivity index is 4.92. The molecule has 0 aliphatic heterocycles. The zero-order valence-electron chi connectivity index (χ0n) is 9.16. The Labute approximate surface area is 86.1 Å². The SMILES string of the molecule is CCC(C=C(C#N)C(=O)O)[Si](C)(C)C. The summed E-state index contributed by atoms with van der Waals surface area (Å²) in [5.41, 5.74) is 0.132. The van der Waals surface area contributed by atoms with E-state index in [1.165, 1.54) is 0 Å². The molecule has 0 aromatic carbocycles. The smallest absolute Gasteiger partial charge is 0.346 e. The van der Waals surface area contributed by atoms with Gasteiger partial charge in [-0.15, -0.1) is 0 Å². The fourth-order valence-corrected chi connectivity index (χ4v) is 3.23. The van der Waals surface area contributed by atoms with E-state index in [0.717, 1.165) is 6.42 Å². The van der Waals surface area contributed by atoms with Gasteiger partial charge in [-0.05, 0) is 5.54 Å². The van der Waals surface area contributed by atoms with E-state index in [1.807, 2.05) is 6.92 Å². The Morgan fingerprint density at radius 1 is 1.57 bits per heavy atom. The van der Waals surface area contributed by atoms with E-state index in [4.69, 9.17) is 10.4 Å². The van der Waals surface area contributed by atoms with Gasteiger partial charge in [-0.1, -0.05) is 39.1 Å². The summed E-state index contributed by atoms with van der Waals surface area (Å²) in [4.78, 5) is 10.6. The summed E-state index contributed by atoms with van der Waals surface area (Å²) in [6, 6.07) is 1.72. The van der Waals surface area contributed by atoms with E-state index in [1.54, 1.807) is 12.1 Å². The van der Waals surface area contributed by atoms with Crippen LogP contribution in [0.2, 0.25) is 25.2 Å². The lowest BCUT2D eigenvalue weighted by Crippen LogP contribution is -2.27. The molecule has 1 unspecified atom stereocenters. The normalized spacial score (nSPS) is 14.6. The van der Waals surface area contributed by atoms with Crippen molar-refractivity contribution in [2.45, 2.75) is 38.5 Å². The summed E-state index contributed by atoms with van der Waals surface area (Å²) in [7, 11) is -1.40. The predicted octanol–water partition coefficient (Wildman–Crippen LogP) is 2.64. The molecule has 78 valence electrons. The van der Waals surface area contributed by atoms with Gasteiger partial charge in [0.15, 0.2) is 0 Å². The molecule has 0 aliphatic carbocycles. The van der Waals surface area contributed by atoms with Gasteiger partial charge in [-0.2, -0.15) is 5.26 Å². The first-order valence-corrected chi connectivity index (χ1v) is 8.25. The molecule has 0 radical (unpaired) electrons. The van der Waals surface area contributed by atoms with E-state index in [0.29, 0.717) is 0 Å². The summed E-state index contributed by atoms with van der Waals surface area (Å²) in [5, 5.41) is 17.3. The lowest BCUT2D eigenvalue weighted by molar-refractivity contribution is -0.132. The number of allylic oxidation sites excluding steroid dienone is 1. The lowest BCUT2D eigenvalue weighted by Gasteiger charge is -2.24. The van der Waals surface area contributed by atoms with Crippen LogP contribution in [0.15, 0.2) is 11.6 Å². The minimum absolute atomic E-state index is 0.126. The van der Waals surface area contributed by atoms with Crippen molar-refractivity contribution < 1.29 is 9.90 Å². The van der Waals surface area contributed by atoms with E-state index in [2.05, 4.69) is 19.6 Å². The Bertz CT molecular complexity index is 283. The molecule has 0 aromatic rings. The van der Waals surface area contributed by atoms with Gasteiger partial charge < -0.3 is 5.11 Å². The summed E-state index contributed by atoms with van der Waals surface area (Å²) >= 11 is 0. The fourth-order valence-electron chi connectivity index (χ4n) is 1.34. The van der Waals surface area contributed by atoms with Crippen molar-refractivity contribution in [2.75, 3.05) is 0 Å². The molecule has 0 saturated heterocycles. The van der Waals surface area contributed by atoms with Crippen LogP contribution in [0.25, 0.3) is 0 Å². The second-order valence-electron chi connectivity index (χ2n) is 4.38. The summed E-state index contributed by atoms with van der Waals surface area (Å²) in [6.07, 6.45) is 2.52. The van der Waals surface area contributed by atoms with Crippen LogP contribution in [0.4, 0.5) is 0 Å². The summed E-state index contributed by atoms with van der Waals surface area (Å²) in [5.74, 6) is -1.12. The van der Waals surface area contributed by atoms with Gasteiger partial charge >= 0.3 is 5.97 Å². The molecular weight excluding hydrogens is 194 g/mol. The van der Waals surface area contributed by atoms with Crippen LogP contribution in [-0.2, 0) is 4.79 Å². The molecule has 0 bridgehead atoms. The van der Waals surface area contributed by atoms with Crippen molar-refractivity contribution >= 4 is 14.0 Å².